The third-order valence-corrected chi connectivity index (χ3v) is 4.60. The van der Waals surface area contributed by atoms with E-state index in [2.05, 4.69) is 15.2 Å². The van der Waals surface area contributed by atoms with Crippen LogP contribution in [0, 0.1) is 0 Å². The standard InChI is InChI=1S/C19H21N5O2/c1-11(2)18-21-13-10-24(9-8-14(13)26-18)19(25)16-15(17(20)23-22-16)12-6-4-3-5-7-12/h3-7,11H,8-10H2,1-2H3,(H3,20,22,23). The van der Waals surface area contributed by atoms with E-state index in [0.717, 1.165) is 22.9 Å². The Morgan fingerprint density at radius 3 is 2.81 bits per heavy atom. The van der Waals surface area contributed by atoms with Crippen LogP contribution < -0.4 is 5.73 Å². The maximum atomic E-state index is 13.1. The molecule has 0 spiro atoms. The van der Waals surface area contributed by atoms with E-state index in [1.54, 1.807) is 4.90 Å². The molecule has 7 nitrogen and oxygen atoms in total. The molecular weight excluding hydrogens is 330 g/mol. The Bertz CT molecular complexity index is 942. The molecule has 1 aliphatic rings. The summed E-state index contributed by atoms with van der Waals surface area (Å²) in [5.41, 5.74) is 8.76. The lowest BCUT2D eigenvalue weighted by molar-refractivity contribution is 0.0722. The molecule has 4 rings (SSSR count). The number of oxazole rings is 1. The molecule has 0 unspecified atom stereocenters. The number of hydrogen-bond donors (Lipinski definition) is 2. The fourth-order valence-electron chi connectivity index (χ4n) is 3.20. The topological polar surface area (TPSA) is 101 Å². The first kappa shape index (κ1) is 16.4. The smallest absolute Gasteiger partial charge is 0.272 e. The highest BCUT2D eigenvalue weighted by molar-refractivity contribution is 6.01. The summed E-state index contributed by atoms with van der Waals surface area (Å²) in [5.74, 6) is 2.01. The quantitative estimate of drug-likeness (QED) is 0.755. The van der Waals surface area contributed by atoms with Crippen molar-refractivity contribution in [1.82, 2.24) is 20.1 Å². The largest absolute Gasteiger partial charge is 0.445 e. The molecule has 134 valence electrons. The Kier molecular flexibility index (Phi) is 3.99. The number of rotatable bonds is 3. The van der Waals surface area contributed by atoms with E-state index < -0.39 is 0 Å². The van der Waals surface area contributed by atoms with Crippen molar-refractivity contribution in [3.05, 3.63) is 53.4 Å². The lowest BCUT2D eigenvalue weighted by atomic mass is 10.0. The molecule has 0 bridgehead atoms. The molecule has 1 aromatic carbocycles. The Morgan fingerprint density at radius 2 is 2.08 bits per heavy atom. The van der Waals surface area contributed by atoms with Gasteiger partial charge in [0.05, 0.1) is 12.1 Å². The van der Waals surface area contributed by atoms with E-state index in [1.165, 1.54) is 0 Å². The Balaban J connectivity index is 1.63. The minimum Gasteiger partial charge on any atom is -0.445 e. The normalized spacial score (nSPS) is 13.9. The third kappa shape index (κ3) is 2.75. The summed E-state index contributed by atoms with van der Waals surface area (Å²) in [6.07, 6.45) is 0.658. The lowest BCUT2D eigenvalue weighted by Gasteiger charge is -2.25. The summed E-state index contributed by atoms with van der Waals surface area (Å²) in [5, 5.41) is 6.86. The number of nitrogens with two attached hydrogens (primary N) is 1. The number of aromatic amines is 1. The number of benzene rings is 1. The monoisotopic (exact) mass is 351 g/mol. The van der Waals surface area contributed by atoms with Crippen molar-refractivity contribution in [2.24, 2.45) is 0 Å². The minimum atomic E-state index is -0.132. The van der Waals surface area contributed by atoms with E-state index in [9.17, 15) is 4.79 Å². The predicted molar refractivity (Wildman–Crippen MR) is 97.5 cm³/mol. The van der Waals surface area contributed by atoms with Gasteiger partial charge in [-0.15, -0.1) is 0 Å². The first-order valence-electron chi connectivity index (χ1n) is 8.71. The van der Waals surface area contributed by atoms with Gasteiger partial charge in [-0.3, -0.25) is 9.89 Å². The maximum absolute atomic E-state index is 13.1. The first-order chi connectivity index (χ1) is 12.5. The Hall–Kier alpha value is -3.09. The highest BCUT2D eigenvalue weighted by Gasteiger charge is 2.29. The molecule has 0 saturated carbocycles. The molecule has 3 N–H and O–H groups in total. The number of nitrogen functional groups attached to an aromatic ring is 1. The number of carbonyl (C=O) groups excluding carboxylic acids is 1. The van der Waals surface area contributed by atoms with Crippen LogP contribution >= 0.6 is 0 Å². The number of carbonyl (C=O) groups is 1. The predicted octanol–water partition coefficient (Wildman–Crippen LogP) is 2.97. The number of H-pyrrole nitrogens is 1. The number of aromatic nitrogens is 3. The van der Waals surface area contributed by atoms with Crippen LogP contribution in [-0.2, 0) is 13.0 Å². The van der Waals surface area contributed by atoms with E-state index in [-0.39, 0.29) is 11.8 Å². The van der Waals surface area contributed by atoms with Crippen LogP contribution in [0.3, 0.4) is 0 Å². The fraction of sp³-hybridized carbons (Fsp3) is 0.316. The lowest BCUT2D eigenvalue weighted by Crippen LogP contribution is -2.36. The van der Waals surface area contributed by atoms with Gasteiger partial charge in [0.25, 0.3) is 5.91 Å². The number of nitrogens with zero attached hydrogens (tertiary/aromatic N) is 3. The molecule has 1 amide bonds. The average Bonchev–Trinajstić information content (AvgIpc) is 3.24. The van der Waals surface area contributed by atoms with Crippen molar-refractivity contribution in [2.75, 3.05) is 12.3 Å². The first-order valence-corrected chi connectivity index (χ1v) is 8.71. The van der Waals surface area contributed by atoms with Crippen LogP contribution in [-0.4, -0.2) is 32.5 Å². The van der Waals surface area contributed by atoms with E-state index in [1.807, 2.05) is 44.2 Å². The zero-order valence-corrected chi connectivity index (χ0v) is 14.8. The zero-order valence-electron chi connectivity index (χ0n) is 14.8. The summed E-state index contributed by atoms with van der Waals surface area (Å²) < 4.78 is 5.81. The van der Waals surface area contributed by atoms with Crippen LogP contribution in [0.5, 0.6) is 0 Å². The Labute approximate surface area is 151 Å². The van der Waals surface area contributed by atoms with Gasteiger partial charge in [-0.25, -0.2) is 4.98 Å². The number of hydrogen-bond acceptors (Lipinski definition) is 5. The SMILES string of the molecule is CC(C)c1nc2c(o1)CCN(C(=O)c1[nH]nc(N)c1-c1ccccc1)C2. The molecule has 0 saturated heterocycles. The van der Waals surface area contributed by atoms with Gasteiger partial charge in [0.1, 0.15) is 17.1 Å². The van der Waals surface area contributed by atoms with Gasteiger partial charge in [0, 0.05) is 18.9 Å². The van der Waals surface area contributed by atoms with Gasteiger partial charge in [-0.1, -0.05) is 44.2 Å². The molecule has 26 heavy (non-hydrogen) atoms. The molecular formula is C19H21N5O2. The summed E-state index contributed by atoms with van der Waals surface area (Å²) in [4.78, 5) is 19.4. The number of anilines is 1. The number of amides is 1. The molecule has 0 atom stereocenters. The van der Waals surface area contributed by atoms with Crippen molar-refractivity contribution >= 4 is 11.7 Å². The molecule has 2 aromatic heterocycles. The number of nitrogens with one attached hydrogen (secondary N) is 1. The Morgan fingerprint density at radius 1 is 1.31 bits per heavy atom. The van der Waals surface area contributed by atoms with Crippen LogP contribution in [0.2, 0.25) is 0 Å². The van der Waals surface area contributed by atoms with E-state index in [0.29, 0.717) is 36.6 Å². The van der Waals surface area contributed by atoms with Crippen molar-refractivity contribution in [3.63, 3.8) is 0 Å². The second kappa shape index (κ2) is 6.33. The summed E-state index contributed by atoms with van der Waals surface area (Å²) in [6, 6.07) is 9.57. The summed E-state index contributed by atoms with van der Waals surface area (Å²) in [6.45, 7) is 5.09. The molecule has 0 aliphatic carbocycles. The van der Waals surface area contributed by atoms with Crippen LogP contribution in [0.25, 0.3) is 11.1 Å². The number of fused-ring (bicyclic) bond motifs is 1. The van der Waals surface area contributed by atoms with E-state index >= 15 is 0 Å². The van der Waals surface area contributed by atoms with Crippen LogP contribution in [0.1, 0.15) is 47.6 Å². The van der Waals surface area contributed by atoms with Gasteiger partial charge in [-0.05, 0) is 5.56 Å². The molecule has 0 fully saturated rings. The van der Waals surface area contributed by atoms with Crippen LogP contribution in [0.15, 0.2) is 34.7 Å². The molecule has 1 aliphatic heterocycles. The molecule has 0 radical (unpaired) electrons. The van der Waals surface area contributed by atoms with Gasteiger partial charge < -0.3 is 15.1 Å². The van der Waals surface area contributed by atoms with Gasteiger partial charge in [0.2, 0.25) is 0 Å². The zero-order chi connectivity index (χ0) is 18.3. The fourth-order valence-corrected chi connectivity index (χ4v) is 3.20. The van der Waals surface area contributed by atoms with Gasteiger partial charge in [0.15, 0.2) is 11.7 Å². The maximum Gasteiger partial charge on any atom is 0.272 e. The molecule has 7 heteroatoms. The highest BCUT2D eigenvalue weighted by Crippen LogP contribution is 2.30. The van der Waals surface area contributed by atoms with Crippen molar-refractivity contribution in [3.8, 4) is 11.1 Å². The molecule has 3 heterocycles. The van der Waals surface area contributed by atoms with Gasteiger partial charge in [-0.2, -0.15) is 5.10 Å². The van der Waals surface area contributed by atoms with Crippen molar-refractivity contribution in [1.29, 1.82) is 0 Å². The van der Waals surface area contributed by atoms with Crippen LogP contribution in [0.4, 0.5) is 5.82 Å². The second-order valence-electron chi connectivity index (χ2n) is 6.78. The average molecular weight is 351 g/mol. The van der Waals surface area contributed by atoms with Crippen molar-refractivity contribution in [2.45, 2.75) is 32.7 Å². The third-order valence-electron chi connectivity index (χ3n) is 4.60. The van der Waals surface area contributed by atoms with Gasteiger partial charge >= 0.3 is 0 Å². The summed E-state index contributed by atoms with van der Waals surface area (Å²) >= 11 is 0. The molecule has 3 aromatic rings. The van der Waals surface area contributed by atoms with E-state index in [4.69, 9.17) is 10.2 Å². The minimum absolute atomic E-state index is 0.132. The highest BCUT2D eigenvalue weighted by atomic mass is 16.4. The summed E-state index contributed by atoms with van der Waals surface area (Å²) in [7, 11) is 0. The second-order valence-corrected chi connectivity index (χ2v) is 6.78. The van der Waals surface area contributed by atoms with Crippen molar-refractivity contribution < 1.29 is 9.21 Å².